The molecule has 0 saturated carbocycles. The third kappa shape index (κ3) is 4.27. The van der Waals surface area contributed by atoms with Crippen LogP contribution in [0.5, 0.6) is 28.7 Å². The molecule has 1 atom stereocenters. The van der Waals surface area contributed by atoms with E-state index in [2.05, 4.69) is 6.08 Å². The van der Waals surface area contributed by atoms with Gasteiger partial charge in [0.25, 0.3) is 0 Å². The minimum Gasteiger partial charge on any atom is -0.508 e. The number of hydrogen-bond donors (Lipinski definition) is 4. The summed E-state index contributed by atoms with van der Waals surface area (Å²) in [5.41, 5.74) is 2.96. The highest BCUT2D eigenvalue weighted by molar-refractivity contribution is 6.02. The van der Waals surface area contributed by atoms with Crippen LogP contribution in [0.1, 0.15) is 67.6 Å². The summed E-state index contributed by atoms with van der Waals surface area (Å²) in [5.74, 6) is -1.34. The molecule has 0 bridgehead atoms. The van der Waals surface area contributed by atoms with E-state index in [1.165, 1.54) is 17.7 Å². The fraction of sp³-hybridized carbons (Fsp3) is 0.292. The van der Waals surface area contributed by atoms with Gasteiger partial charge in [-0.2, -0.15) is 0 Å². The number of unbranched alkanes of at least 4 members (excludes halogenated alkanes) is 1. The fourth-order valence-corrected chi connectivity index (χ4v) is 3.65. The van der Waals surface area contributed by atoms with Crippen molar-refractivity contribution in [2.24, 2.45) is 0 Å². The summed E-state index contributed by atoms with van der Waals surface area (Å²) in [4.78, 5) is 12.7. The molecule has 0 aromatic heterocycles. The van der Waals surface area contributed by atoms with Gasteiger partial charge >= 0.3 is 0 Å². The van der Waals surface area contributed by atoms with E-state index < -0.39 is 6.10 Å². The number of carbonyl (C=O) groups is 1. The van der Waals surface area contributed by atoms with Crippen molar-refractivity contribution in [3.63, 3.8) is 0 Å². The van der Waals surface area contributed by atoms with Crippen molar-refractivity contribution in [1.82, 2.24) is 0 Å². The number of aromatic hydroxyl groups is 4. The predicted octanol–water partition coefficient (Wildman–Crippen LogP) is 5.37. The summed E-state index contributed by atoms with van der Waals surface area (Å²) < 4.78 is 5.92. The molecule has 0 fully saturated rings. The molecule has 1 aliphatic heterocycles. The molecule has 6 heteroatoms. The molecule has 3 rings (SSSR count). The van der Waals surface area contributed by atoms with Crippen molar-refractivity contribution in [3.8, 4) is 28.7 Å². The normalized spacial score (nSPS) is 16.0. The third-order valence-electron chi connectivity index (χ3n) is 5.08. The van der Waals surface area contributed by atoms with Crippen molar-refractivity contribution < 1.29 is 30.0 Å². The molecule has 1 aliphatic rings. The average Bonchev–Trinajstić information content (AvgIpc) is 2.65. The zero-order valence-corrected chi connectivity index (χ0v) is 17.3. The number of phenolic OH excluding ortho intramolecular Hbond substituents is 4. The lowest BCUT2D eigenvalue weighted by Crippen LogP contribution is -2.21. The Hall–Kier alpha value is -3.41. The second kappa shape index (κ2) is 8.53. The molecule has 0 saturated heterocycles. The highest BCUT2D eigenvalue weighted by Gasteiger charge is 2.33. The first-order valence-corrected chi connectivity index (χ1v) is 9.80. The Morgan fingerprint density at radius 1 is 1.03 bits per heavy atom. The Morgan fingerprint density at radius 3 is 2.43 bits per heavy atom. The Kier molecular flexibility index (Phi) is 6.06. The fourth-order valence-electron chi connectivity index (χ4n) is 3.65. The number of fused-ring (bicyclic) bond motifs is 1. The van der Waals surface area contributed by atoms with Crippen LogP contribution in [0, 0.1) is 0 Å². The first-order chi connectivity index (χ1) is 14.2. The Morgan fingerprint density at radius 2 is 1.73 bits per heavy atom. The lowest BCUT2D eigenvalue weighted by Gasteiger charge is -2.28. The summed E-state index contributed by atoms with van der Waals surface area (Å²) in [5, 5.41) is 40.3. The second-order valence-electron chi connectivity index (χ2n) is 7.72. The maximum atomic E-state index is 12.7. The van der Waals surface area contributed by atoms with E-state index in [-0.39, 0.29) is 46.5 Å². The van der Waals surface area contributed by atoms with Gasteiger partial charge in [-0.05, 0) is 45.3 Å². The number of carbonyl (C=O) groups excluding carboxylic acids is 1. The largest absolute Gasteiger partial charge is 0.508 e. The zero-order chi connectivity index (χ0) is 22.0. The molecule has 4 N–H and O–H groups in total. The van der Waals surface area contributed by atoms with Crippen LogP contribution in [0.25, 0.3) is 5.57 Å². The summed E-state index contributed by atoms with van der Waals surface area (Å²) in [6.45, 7) is 5.89. The van der Waals surface area contributed by atoms with Crippen LogP contribution in [0.15, 0.2) is 42.0 Å². The van der Waals surface area contributed by atoms with Gasteiger partial charge in [0.1, 0.15) is 28.9 Å². The minimum absolute atomic E-state index is 0.0302. The van der Waals surface area contributed by atoms with Gasteiger partial charge in [-0.25, -0.2) is 0 Å². The van der Waals surface area contributed by atoms with Crippen LogP contribution in [-0.2, 0) is 0 Å². The number of Topliss-reactive ketones (excluding diaryl/α,β-unsaturated/α-hetero) is 1. The number of hydrogen-bond acceptors (Lipinski definition) is 6. The molecule has 30 heavy (non-hydrogen) atoms. The second-order valence-corrected chi connectivity index (χ2v) is 7.72. The highest BCUT2D eigenvalue weighted by atomic mass is 16.5. The number of rotatable bonds is 5. The molecule has 2 aromatic rings. The first kappa shape index (κ1) is 21.3. The molecular weight excluding hydrogens is 384 g/mol. The lowest BCUT2D eigenvalue weighted by atomic mass is 9.89. The summed E-state index contributed by atoms with van der Waals surface area (Å²) in [6, 6.07) is 5.34. The zero-order valence-electron chi connectivity index (χ0n) is 17.3. The van der Waals surface area contributed by atoms with Gasteiger partial charge in [-0.15, -0.1) is 0 Å². The Bertz CT molecular complexity index is 1040. The van der Waals surface area contributed by atoms with Gasteiger partial charge in [0, 0.05) is 23.3 Å². The van der Waals surface area contributed by atoms with Gasteiger partial charge < -0.3 is 25.2 Å². The molecule has 2 aromatic carbocycles. The summed E-state index contributed by atoms with van der Waals surface area (Å²) in [6.07, 6.45) is 4.89. The summed E-state index contributed by atoms with van der Waals surface area (Å²) >= 11 is 0. The van der Waals surface area contributed by atoms with E-state index in [0.29, 0.717) is 11.1 Å². The number of benzene rings is 2. The van der Waals surface area contributed by atoms with Crippen LogP contribution in [0.2, 0.25) is 0 Å². The maximum absolute atomic E-state index is 12.7. The van der Waals surface area contributed by atoms with Crippen molar-refractivity contribution in [2.75, 3.05) is 0 Å². The Balaban J connectivity index is 2.00. The third-order valence-corrected chi connectivity index (χ3v) is 5.08. The van der Waals surface area contributed by atoms with Crippen molar-refractivity contribution in [2.45, 2.75) is 46.1 Å². The number of ketones is 1. The van der Waals surface area contributed by atoms with E-state index in [1.807, 2.05) is 26.8 Å². The van der Waals surface area contributed by atoms with Gasteiger partial charge in [0.2, 0.25) is 0 Å². The van der Waals surface area contributed by atoms with E-state index >= 15 is 0 Å². The van der Waals surface area contributed by atoms with Crippen molar-refractivity contribution in [3.05, 3.63) is 58.7 Å². The predicted molar refractivity (Wildman–Crippen MR) is 114 cm³/mol. The smallest absolute Gasteiger partial charge is 0.174 e. The van der Waals surface area contributed by atoms with E-state index in [1.54, 1.807) is 6.07 Å². The maximum Gasteiger partial charge on any atom is 0.174 e. The van der Waals surface area contributed by atoms with E-state index in [9.17, 15) is 25.2 Å². The van der Waals surface area contributed by atoms with Crippen LogP contribution in [-0.4, -0.2) is 26.2 Å². The standard InChI is InChI=1S/C24H26O6/c1-13(2)6-4-5-7-14(3)22-16(8-9-17(26)24(22)29)20-12-19(28)23-18(27)10-15(25)11-21(23)30-20/h6-11,20,25-27,29H,4-5,12H2,1-3H3/b14-7+/t20-/m0/s1. The monoisotopic (exact) mass is 410 g/mol. The van der Waals surface area contributed by atoms with Gasteiger partial charge in [-0.1, -0.05) is 23.8 Å². The summed E-state index contributed by atoms with van der Waals surface area (Å²) in [7, 11) is 0. The van der Waals surface area contributed by atoms with Gasteiger partial charge in [0.15, 0.2) is 17.3 Å². The molecule has 0 amide bonds. The van der Waals surface area contributed by atoms with Crippen molar-refractivity contribution in [1.29, 1.82) is 0 Å². The molecule has 1 heterocycles. The van der Waals surface area contributed by atoms with Crippen LogP contribution in [0.4, 0.5) is 0 Å². The molecule has 0 unspecified atom stereocenters. The van der Waals surface area contributed by atoms with E-state index in [0.717, 1.165) is 24.5 Å². The van der Waals surface area contributed by atoms with Gasteiger partial charge in [-0.3, -0.25) is 4.79 Å². The van der Waals surface area contributed by atoms with Gasteiger partial charge in [0.05, 0.1) is 6.42 Å². The SMILES string of the molecule is CC(C)=CCC/C=C(\C)c1c([C@@H]2CC(=O)c3c(O)cc(O)cc3O2)ccc(O)c1O. The van der Waals surface area contributed by atoms with E-state index in [4.69, 9.17) is 4.74 Å². The molecule has 6 nitrogen and oxygen atoms in total. The molecular formula is C24H26O6. The molecule has 0 radical (unpaired) electrons. The number of phenols is 4. The number of ether oxygens (including phenoxy) is 1. The van der Waals surface area contributed by atoms with Crippen LogP contribution >= 0.6 is 0 Å². The quantitative estimate of drug-likeness (QED) is 0.300. The number of allylic oxidation sites excluding steroid dienone is 4. The topological polar surface area (TPSA) is 107 Å². The molecule has 0 spiro atoms. The molecule has 158 valence electrons. The first-order valence-electron chi connectivity index (χ1n) is 9.80. The van der Waals surface area contributed by atoms with Crippen LogP contribution in [0.3, 0.4) is 0 Å². The van der Waals surface area contributed by atoms with Crippen molar-refractivity contribution >= 4 is 11.4 Å². The molecule has 0 aliphatic carbocycles. The minimum atomic E-state index is -0.742. The lowest BCUT2D eigenvalue weighted by molar-refractivity contribution is 0.0844. The average molecular weight is 410 g/mol. The Labute approximate surface area is 175 Å². The highest BCUT2D eigenvalue weighted by Crippen LogP contribution is 2.45. The van der Waals surface area contributed by atoms with Crippen LogP contribution < -0.4 is 4.74 Å².